The van der Waals surface area contributed by atoms with Crippen LogP contribution in [0.4, 0.5) is 0 Å². The third kappa shape index (κ3) is 3.28. The summed E-state index contributed by atoms with van der Waals surface area (Å²) in [7, 11) is 1.72. The molecule has 0 N–H and O–H groups in total. The van der Waals surface area contributed by atoms with Crippen LogP contribution in [0.15, 0.2) is 22.7 Å². The third-order valence-electron chi connectivity index (χ3n) is 3.41. The number of hydrogen-bond acceptors (Lipinski definition) is 3. The van der Waals surface area contributed by atoms with Gasteiger partial charge in [-0.3, -0.25) is 4.79 Å². The molecular formula is C16H18Cl2N2O2. The fourth-order valence-corrected chi connectivity index (χ4v) is 2.61. The Morgan fingerprint density at radius 3 is 2.68 bits per heavy atom. The fraction of sp³-hybridized carbons (Fsp3) is 0.375. The summed E-state index contributed by atoms with van der Waals surface area (Å²) in [5, 5.41) is 4.85. The van der Waals surface area contributed by atoms with Crippen LogP contribution in [0, 0.1) is 6.92 Å². The highest BCUT2D eigenvalue weighted by atomic mass is 35.5. The lowest BCUT2D eigenvalue weighted by Gasteiger charge is -2.19. The molecule has 1 amide bonds. The number of nitrogens with zero attached hydrogens (tertiary/aromatic N) is 2. The second-order valence-corrected chi connectivity index (χ2v) is 6.32. The Bertz CT molecular complexity index is 695. The molecule has 0 bridgehead atoms. The third-order valence-corrected chi connectivity index (χ3v) is 4.27. The van der Waals surface area contributed by atoms with E-state index in [1.807, 2.05) is 26.0 Å². The zero-order valence-corrected chi connectivity index (χ0v) is 14.5. The molecule has 0 fully saturated rings. The van der Waals surface area contributed by atoms with Crippen LogP contribution in [0.3, 0.4) is 0 Å². The van der Waals surface area contributed by atoms with Gasteiger partial charge in [0.1, 0.15) is 5.56 Å². The number of rotatable bonds is 4. The quantitative estimate of drug-likeness (QED) is 0.811. The number of hydrogen-bond donors (Lipinski definition) is 0. The monoisotopic (exact) mass is 340 g/mol. The van der Waals surface area contributed by atoms with E-state index in [0.29, 0.717) is 33.6 Å². The maximum atomic E-state index is 12.7. The molecule has 2 rings (SSSR count). The van der Waals surface area contributed by atoms with Crippen LogP contribution in [-0.4, -0.2) is 23.0 Å². The summed E-state index contributed by atoms with van der Waals surface area (Å²) in [6, 6.07) is 5.38. The first-order chi connectivity index (χ1) is 10.3. The summed E-state index contributed by atoms with van der Waals surface area (Å²) in [5.74, 6) is 0.549. The maximum Gasteiger partial charge on any atom is 0.259 e. The van der Waals surface area contributed by atoms with E-state index < -0.39 is 0 Å². The van der Waals surface area contributed by atoms with Crippen LogP contribution in [0.5, 0.6) is 0 Å². The van der Waals surface area contributed by atoms with E-state index in [9.17, 15) is 4.79 Å². The summed E-state index contributed by atoms with van der Waals surface area (Å²) in [6.07, 6.45) is 0. The number of benzene rings is 1. The van der Waals surface area contributed by atoms with Crippen LogP contribution < -0.4 is 0 Å². The van der Waals surface area contributed by atoms with Gasteiger partial charge in [0.05, 0.1) is 15.7 Å². The van der Waals surface area contributed by atoms with E-state index >= 15 is 0 Å². The smallest absolute Gasteiger partial charge is 0.259 e. The summed E-state index contributed by atoms with van der Waals surface area (Å²) in [4.78, 5) is 14.3. The topological polar surface area (TPSA) is 46.3 Å². The summed E-state index contributed by atoms with van der Waals surface area (Å²) < 4.78 is 5.28. The minimum atomic E-state index is -0.140. The van der Waals surface area contributed by atoms with Crippen LogP contribution >= 0.6 is 23.2 Å². The van der Waals surface area contributed by atoms with Crippen molar-refractivity contribution in [2.24, 2.45) is 0 Å². The lowest BCUT2D eigenvalue weighted by molar-refractivity contribution is 0.0781. The Morgan fingerprint density at radius 1 is 1.36 bits per heavy atom. The highest BCUT2D eigenvalue weighted by molar-refractivity contribution is 6.42. The highest BCUT2D eigenvalue weighted by Gasteiger charge is 2.25. The number of aryl methyl sites for hydroxylation is 1. The molecular weight excluding hydrogens is 323 g/mol. The first-order valence-electron chi connectivity index (χ1n) is 6.97. The SMILES string of the molecule is Cc1noc(C(C)C)c1C(=O)N(C)Cc1cccc(Cl)c1Cl. The lowest BCUT2D eigenvalue weighted by atomic mass is 10.0. The van der Waals surface area contributed by atoms with Crippen molar-refractivity contribution in [3.8, 4) is 0 Å². The molecule has 0 aliphatic carbocycles. The van der Waals surface area contributed by atoms with Gasteiger partial charge >= 0.3 is 0 Å². The summed E-state index contributed by atoms with van der Waals surface area (Å²) in [5.41, 5.74) is 1.92. The first kappa shape index (κ1) is 16.8. The lowest BCUT2D eigenvalue weighted by Crippen LogP contribution is -2.27. The largest absolute Gasteiger partial charge is 0.360 e. The van der Waals surface area contributed by atoms with Gasteiger partial charge in [0.2, 0.25) is 0 Å². The van der Waals surface area contributed by atoms with Gasteiger partial charge in [0, 0.05) is 19.5 Å². The van der Waals surface area contributed by atoms with Crippen molar-refractivity contribution in [1.82, 2.24) is 10.1 Å². The van der Waals surface area contributed by atoms with Gasteiger partial charge in [-0.2, -0.15) is 0 Å². The Labute approximate surface area is 140 Å². The molecule has 1 aromatic carbocycles. The van der Waals surface area contributed by atoms with Crippen LogP contribution in [0.25, 0.3) is 0 Å². The van der Waals surface area contributed by atoms with Crippen molar-refractivity contribution in [2.75, 3.05) is 7.05 Å². The molecule has 0 unspecified atom stereocenters. The van der Waals surface area contributed by atoms with Gasteiger partial charge in [-0.05, 0) is 18.6 Å². The zero-order valence-electron chi connectivity index (χ0n) is 13.0. The minimum absolute atomic E-state index is 0.0864. The molecule has 1 aromatic heterocycles. The van der Waals surface area contributed by atoms with Crippen molar-refractivity contribution in [2.45, 2.75) is 33.2 Å². The molecule has 22 heavy (non-hydrogen) atoms. The van der Waals surface area contributed by atoms with Crippen molar-refractivity contribution in [1.29, 1.82) is 0 Å². The zero-order chi connectivity index (χ0) is 16.4. The molecule has 0 saturated carbocycles. The van der Waals surface area contributed by atoms with Crippen molar-refractivity contribution < 1.29 is 9.32 Å². The molecule has 4 nitrogen and oxygen atoms in total. The first-order valence-corrected chi connectivity index (χ1v) is 7.73. The van der Waals surface area contributed by atoms with Crippen LogP contribution in [-0.2, 0) is 6.54 Å². The van der Waals surface area contributed by atoms with Gasteiger partial charge < -0.3 is 9.42 Å². The van der Waals surface area contributed by atoms with Gasteiger partial charge in [-0.15, -0.1) is 0 Å². The van der Waals surface area contributed by atoms with E-state index in [-0.39, 0.29) is 11.8 Å². The summed E-state index contributed by atoms with van der Waals surface area (Å²) in [6.45, 7) is 6.05. The molecule has 118 valence electrons. The van der Waals surface area contributed by atoms with Gasteiger partial charge in [-0.1, -0.05) is 54.3 Å². The molecule has 0 aliphatic rings. The molecule has 0 spiro atoms. The molecule has 0 radical (unpaired) electrons. The van der Waals surface area contributed by atoms with Crippen LogP contribution in [0.2, 0.25) is 10.0 Å². The number of carbonyl (C=O) groups is 1. The molecule has 2 aromatic rings. The highest BCUT2D eigenvalue weighted by Crippen LogP contribution is 2.28. The van der Waals surface area contributed by atoms with Crippen molar-refractivity contribution in [3.63, 3.8) is 0 Å². The van der Waals surface area contributed by atoms with Crippen molar-refractivity contribution in [3.05, 3.63) is 50.8 Å². The molecule has 6 heteroatoms. The molecule has 1 heterocycles. The molecule has 0 saturated heterocycles. The van der Waals surface area contributed by atoms with E-state index in [0.717, 1.165) is 5.56 Å². The average molecular weight is 341 g/mol. The second-order valence-electron chi connectivity index (χ2n) is 5.54. The standard InChI is InChI=1S/C16H18Cl2N2O2/c1-9(2)15-13(10(3)19-22-15)16(21)20(4)8-11-6-5-7-12(17)14(11)18/h5-7,9H,8H2,1-4H3. The van der Waals surface area contributed by atoms with Gasteiger partial charge in [-0.25, -0.2) is 0 Å². The predicted molar refractivity (Wildman–Crippen MR) is 87.6 cm³/mol. The number of aromatic nitrogens is 1. The fourth-order valence-electron chi connectivity index (χ4n) is 2.23. The van der Waals surface area contributed by atoms with Crippen LogP contribution in [0.1, 0.15) is 47.1 Å². The number of amides is 1. The summed E-state index contributed by atoms with van der Waals surface area (Å²) >= 11 is 12.2. The number of halogens is 2. The minimum Gasteiger partial charge on any atom is -0.360 e. The predicted octanol–water partition coefficient (Wildman–Crippen LogP) is 4.69. The Kier molecular flexibility index (Phi) is 5.14. The average Bonchev–Trinajstić information content (AvgIpc) is 2.85. The Morgan fingerprint density at radius 2 is 2.05 bits per heavy atom. The van der Waals surface area contributed by atoms with E-state index in [1.54, 1.807) is 24.9 Å². The number of carbonyl (C=O) groups excluding carboxylic acids is 1. The Balaban J connectivity index is 2.27. The van der Waals surface area contributed by atoms with E-state index in [2.05, 4.69) is 5.16 Å². The van der Waals surface area contributed by atoms with Crippen molar-refractivity contribution >= 4 is 29.1 Å². The molecule has 0 aliphatic heterocycles. The van der Waals surface area contributed by atoms with Gasteiger partial charge in [0.25, 0.3) is 5.91 Å². The Hall–Kier alpha value is -1.52. The van der Waals surface area contributed by atoms with Gasteiger partial charge in [0.15, 0.2) is 5.76 Å². The second kappa shape index (κ2) is 6.71. The van der Waals surface area contributed by atoms with E-state index in [1.165, 1.54) is 0 Å². The molecule has 0 atom stereocenters. The normalized spacial score (nSPS) is 11.0. The maximum absolute atomic E-state index is 12.7. The van der Waals surface area contributed by atoms with E-state index in [4.69, 9.17) is 27.7 Å².